The number of aromatic nitrogens is 3. The summed E-state index contributed by atoms with van der Waals surface area (Å²) in [6, 6.07) is 1.70. The van der Waals surface area contributed by atoms with Gasteiger partial charge in [0.05, 0.1) is 19.4 Å². The normalized spacial score (nSPS) is 19.7. The molecule has 1 aliphatic rings. The van der Waals surface area contributed by atoms with E-state index in [2.05, 4.69) is 37.7 Å². The third-order valence-corrected chi connectivity index (χ3v) is 5.12. The molecule has 0 bridgehead atoms. The maximum atomic E-state index is 12.9. The second kappa shape index (κ2) is 10.1. The Hall–Kier alpha value is -3.40. The van der Waals surface area contributed by atoms with Crippen molar-refractivity contribution in [1.29, 1.82) is 0 Å². The highest BCUT2D eigenvalue weighted by molar-refractivity contribution is 6.00. The van der Waals surface area contributed by atoms with E-state index >= 15 is 0 Å². The van der Waals surface area contributed by atoms with Crippen LogP contribution in [0.25, 0.3) is 5.65 Å². The molecule has 4 N–H and O–H groups in total. The molecule has 3 rings (SSSR count). The Morgan fingerprint density at radius 1 is 1.45 bits per heavy atom. The molecule has 0 aromatic carbocycles. The maximum absolute atomic E-state index is 12.9. The number of amides is 1. The van der Waals surface area contributed by atoms with E-state index in [0.717, 1.165) is 19.3 Å². The molecule has 2 atom stereocenters. The average Bonchev–Trinajstić information content (AvgIpc) is 3.18. The van der Waals surface area contributed by atoms with Crippen molar-refractivity contribution in [3.63, 3.8) is 0 Å². The average molecular weight is 428 g/mol. The number of carbonyl (C=O) groups excluding carboxylic acids is 1. The zero-order chi connectivity index (χ0) is 22.4. The minimum Gasteiger partial charge on any atom is -0.480 e. The first-order valence-electron chi connectivity index (χ1n) is 10.2. The zero-order valence-corrected chi connectivity index (χ0v) is 18.1. The van der Waals surface area contributed by atoms with Crippen LogP contribution in [0, 0.1) is 0 Å². The first-order valence-corrected chi connectivity index (χ1v) is 10.2. The van der Waals surface area contributed by atoms with Gasteiger partial charge in [-0.3, -0.25) is 4.79 Å². The van der Waals surface area contributed by atoms with E-state index in [4.69, 9.17) is 4.74 Å². The van der Waals surface area contributed by atoms with Crippen molar-refractivity contribution >= 4 is 29.9 Å². The molecule has 0 spiro atoms. The highest BCUT2D eigenvalue weighted by Crippen LogP contribution is 2.23. The molecule has 0 aliphatic heterocycles. The standard InChI is InChI=1S/C21H29N7O3/c1-5-7-16(21(23-3)31-4)26-17-11-18(22-2)28-19(27-17)15(12-24-28)20(30)25-13-8-6-9-14(29)10-13/h5,7,11-14,22,29H,3,6,8-10H2,1-2,4H3,(H,25,30)(H,26,27)/b7-5-,21-16-/t13?,14-/m0/s1. The van der Waals surface area contributed by atoms with Gasteiger partial charge in [-0.2, -0.15) is 9.61 Å². The number of aliphatic hydroxyl groups excluding tert-OH is 1. The Balaban J connectivity index is 1.95. The van der Waals surface area contributed by atoms with Crippen molar-refractivity contribution in [3.8, 4) is 0 Å². The van der Waals surface area contributed by atoms with E-state index in [1.807, 2.05) is 13.0 Å². The number of ether oxygens (including phenoxy) is 1. The third-order valence-electron chi connectivity index (χ3n) is 5.12. The van der Waals surface area contributed by atoms with E-state index < -0.39 is 0 Å². The van der Waals surface area contributed by atoms with Gasteiger partial charge < -0.3 is 25.8 Å². The van der Waals surface area contributed by atoms with E-state index in [9.17, 15) is 9.90 Å². The number of anilines is 2. The predicted molar refractivity (Wildman–Crippen MR) is 120 cm³/mol. The highest BCUT2D eigenvalue weighted by atomic mass is 16.5. The summed E-state index contributed by atoms with van der Waals surface area (Å²) in [5, 5.41) is 23.4. The van der Waals surface area contributed by atoms with E-state index in [1.54, 1.807) is 23.7 Å². The van der Waals surface area contributed by atoms with Gasteiger partial charge in [0, 0.05) is 19.2 Å². The van der Waals surface area contributed by atoms with Crippen LogP contribution in [0.3, 0.4) is 0 Å². The molecule has 31 heavy (non-hydrogen) atoms. The molecule has 1 amide bonds. The van der Waals surface area contributed by atoms with Gasteiger partial charge in [0.25, 0.3) is 5.91 Å². The molecule has 1 aliphatic carbocycles. The van der Waals surface area contributed by atoms with Crippen LogP contribution in [0.4, 0.5) is 11.6 Å². The summed E-state index contributed by atoms with van der Waals surface area (Å²) in [4.78, 5) is 21.4. The SMILES string of the molecule is C=N/C(OC)=C(\C=C/C)Nc1cc(NC)n2ncc(C(=O)NC3CCC[C@H](O)C3)c2n1. The fourth-order valence-corrected chi connectivity index (χ4v) is 3.65. The largest absolute Gasteiger partial charge is 0.480 e. The van der Waals surface area contributed by atoms with Crippen molar-refractivity contribution in [2.75, 3.05) is 24.8 Å². The Morgan fingerprint density at radius 3 is 2.90 bits per heavy atom. The lowest BCUT2D eigenvalue weighted by molar-refractivity contribution is 0.0851. The molecule has 166 valence electrons. The first-order chi connectivity index (χ1) is 15.0. The molecule has 1 saturated carbocycles. The number of nitrogens with one attached hydrogen (secondary N) is 3. The topological polar surface area (TPSA) is 125 Å². The van der Waals surface area contributed by atoms with E-state index in [-0.39, 0.29) is 18.1 Å². The van der Waals surface area contributed by atoms with Crippen LogP contribution >= 0.6 is 0 Å². The molecule has 2 heterocycles. The Bertz CT molecular complexity index is 1010. The summed E-state index contributed by atoms with van der Waals surface area (Å²) in [5.74, 6) is 1.17. The van der Waals surface area contributed by atoms with Gasteiger partial charge in [0.1, 0.15) is 22.9 Å². The van der Waals surface area contributed by atoms with Gasteiger partial charge in [0.2, 0.25) is 5.88 Å². The molecule has 10 nitrogen and oxygen atoms in total. The summed E-state index contributed by atoms with van der Waals surface area (Å²) < 4.78 is 6.83. The minimum atomic E-state index is -0.377. The number of hydrogen-bond acceptors (Lipinski definition) is 8. The Morgan fingerprint density at radius 2 is 2.26 bits per heavy atom. The molecular weight excluding hydrogens is 398 g/mol. The van der Waals surface area contributed by atoms with E-state index in [1.165, 1.54) is 13.3 Å². The number of allylic oxidation sites excluding steroid dienone is 2. The van der Waals surface area contributed by atoms with Crippen LogP contribution in [-0.2, 0) is 4.74 Å². The molecule has 0 radical (unpaired) electrons. The minimum absolute atomic E-state index is 0.0663. The van der Waals surface area contributed by atoms with Crippen molar-refractivity contribution < 1.29 is 14.6 Å². The molecule has 2 aromatic rings. The summed E-state index contributed by atoms with van der Waals surface area (Å²) in [5.41, 5.74) is 1.32. The van der Waals surface area contributed by atoms with E-state index in [0.29, 0.717) is 40.8 Å². The molecule has 0 saturated heterocycles. The fourth-order valence-electron chi connectivity index (χ4n) is 3.65. The van der Waals surface area contributed by atoms with Gasteiger partial charge >= 0.3 is 0 Å². The molecule has 1 fully saturated rings. The predicted octanol–water partition coefficient (Wildman–Crippen LogP) is 2.31. The molecule has 2 aromatic heterocycles. The lowest BCUT2D eigenvalue weighted by atomic mass is 9.93. The van der Waals surface area contributed by atoms with Gasteiger partial charge in [-0.15, -0.1) is 0 Å². The zero-order valence-electron chi connectivity index (χ0n) is 18.1. The Kier molecular flexibility index (Phi) is 7.24. The highest BCUT2D eigenvalue weighted by Gasteiger charge is 2.24. The monoisotopic (exact) mass is 427 g/mol. The van der Waals surface area contributed by atoms with Gasteiger partial charge in [-0.05, 0) is 45.4 Å². The second-order valence-electron chi connectivity index (χ2n) is 7.27. The molecule has 1 unspecified atom stereocenters. The number of carbonyl (C=O) groups is 1. The number of nitrogens with zero attached hydrogens (tertiary/aromatic N) is 4. The lowest BCUT2D eigenvalue weighted by Gasteiger charge is -2.26. The van der Waals surface area contributed by atoms with Crippen molar-refractivity contribution in [1.82, 2.24) is 19.9 Å². The fraction of sp³-hybridized carbons (Fsp3) is 0.429. The first kappa shape index (κ1) is 22.3. The van der Waals surface area contributed by atoms with Gasteiger partial charge in [0.15, 0.2) is 5.65 Å². The van der Waals surface area contributed by atoms with Crippen molar-refractivity contribution in [3.05, 3.63) is 41.6 Å². The smallest absolute Gasteiger partial charge is 0.256 e. The summed E-state index contributed by atoms with van der Waals surface area (Å²) >= 11 is 0. The van der Waals surface area contributed by atoms with Crippen LogP contribution in [0.15, 0.2) is 41.0 Å². The number of methoxy groups -OCH3 is 1. The summed E-state index contributed by atoms with van der Waals surface area (Å²) in [6.45, 7) is 5.40. The van der Waals surface area contributed by atoms with Crippen LogP contribution in [0.2, 0.25) is 0 Å². The van der Waals surface area contributed by atoms with Crippen LogP contribution in [0.1, 0.15) is 43.0 Å². The van der Waals surface area contributed by atoms with Gasteiger partial charge in [-0.1, -0.05) is 6.08 Å². The third kappa shape index (κ3) is 5.02. The van der Waals surface area contributed by atoms with Crippen molar-refractivity contribution in [2.45, 2.75) is 44.8 Å². The van der Waals surface area contributed by atoms with Gasteiger partial charge in [-0.25, -0.2) is 9.98 Å². The van der Waals surface area contributed by atoms with Crippen LogP contribution < -0.4 is 16.0 Å². The summed E-state index contributed by atoms with van der Waals surface area (Å²) in [6.07, 6.45) is 7.80. The Labute approximate surface area is 181 Å². The van der Waals surface area contributed by atoms with Crippen molar-refractivity contribution in [2.24, 2.45) is 4.99 Å². The number of aliphatic imine (C=N–C) groups is 1. The lowest BCUT2D eigenvalue weighted by Crippen LogP contribution is -2.39. The molecular formula is C21H29N7O3. The number of rotatable bonds is 8. The van der Waals surface area contributed by atoms with Crippen LogP contribution in [-0.4, -0.2) is 58.6 Å². The number of hydrogen-bond donors (Lipinski definition) is 4. The number of fused-ring (bicyclic) bond motifs is 1. The second-order valence-corrected chi connectivity index (χ2v) is 7.27. The summed E-state index contributed by atoms with van der Waals surface area (Å²) in [7, 11) is 3.27. The molecule has 10 heteroatoms. The quantitative estimate of drug-likeness (QED) is 0.289. The number of aliphatic hydroxyl groups is 1. The van der Waals surface area contributed by atoms with Crippen LogP contribution in [0.5, 0.6) is 0 Å². The maximum Gasteiger partial charge on any atom is 0.256 e.